The first-order valence-corrected chi connectivity index (χ1v) is 10.8. The Bertz CT molecular complexity index is 1200. The molecule has 3 aromatic carbocycles. The number of aromatic nitrogens is 1. The van der Waals surface area contributed by atoms with E-state index in [2.05, 4.69) is 34.4 Å². The number of pyridine rings is 1. The first-order valence-electron chi connectivity index (χ1n) is 10.0. The maximum Gasteiger partial charge on any atom is 0.248 e. The summed E-state index contributed by atoms with van der Waals surface area (Å²) in [5.74, 6) is 0.780. The van der Waals surface area contributed by atoms with Gasteiger partial charge < -0.3 is 14.0 Å². The molecule has 0 amide bonds. The Labute approximate surface area is 184 Å². The molecule has 5 nitrogen and oxygen atoms in total. The lowest BCUT2D eigenvalue weighted by molar-refractivity contribution is 0.313. The Morgan fingerprint density at radius 1 is 0.903 bits per heavy atom. The van der Waals surface area contributed by atoms with Crippen LogP contribution in [-0.2, 0) is 4.28 Å². The van der Waals surface area contributed by atoms with Crippen molar-refractivity contribution in [3.63, 3.8) is 0 Å². The summed E-state index contributed by atoms with van der Waals surface area (Å²) in [5, 5.41) is 4.93. The summed E-state index contributed by atoms with van der Waals surface area (Å²) in [5.41, 5.74) is 3.06. The number of H-pyrrole nitrogens is 1. The summed E-state index contributed by atoms with van der Waals surface area (Å²) in [6.45, 7) is 0.578. The minimum absolute atomic E-state index is 0.106. The molecule has 0 atom stereocenters. The summed E-state index contributed by atoms with van der Waals surface area (Å²) < 4.78 is 11.1. The van der Waals surface area contributed by atoms with Crippen molar-refractivity contribution >= 4 is 29.2 Å². The fraction of sp³-hybridized carbons (Fsp3) is 0.120. The van der Waals surface area contributed by atoms with Crippen LogP contribution in [0.25, 0.3) is 22.0 Å². The highest BCUT2D eigenvalue weighted by Crippen LogP contribution is 2.24. The van der Waals surface area contributed by atoms with Crippen LogP contribution < -0.4 is 10.3 Å². The SMILES string of the molecule is O=c1ccc2cc(OCCCC=NOSc3ccc(-c4ccccc4)cc3)ccc2[nH]1. The Kier molecular flexibility index (Phi) is 7.03. The topological polar surface area (TPSA) is 63.7 Å². The van der Waals surface area contributed by atoms with Crippen LogP contribution in [-0.4, -0.2) is 17.8 Å². The third-order valence-electron chi connectivity index (χ3n) is 4.65. The fourth-order valence-corrected chi connectivity index (χ4v) is 3.51. The second-order valence-electron chi connectivity index (χ2n) is 6.90. The predicted octanol–water partition coefficient (Wildman–Crippen LogP) is 6.06. The summed E-state index contributed by atoms with van der Waals surface area (Å²) >= 11 is 1.23. The van der Waals surface area contributed by atoms with Crippen LogP contribution in [0.1, 0.15) is 12.8 Å². The number of hydrogen-bond donors (Lipinski definition) is 1. The molecule has 0 unspecified atom stereocenters. The van der Waals surface area contributed by atoms with Crippen molar-refractivity contribution < 1.29 is 9.02 Å². The average Bonchev–Trinajstić information content (AvgIpc) is 2.82. The van der Waals surface area contributed by atoms with Gasteiger partial charge >= 0.3 is 0 Å². The van der Waals surface area contributed by atoms with Gasteiger partial charge in [0.05, 0.1) is 11.5 Å². The quantitative estimate of drug-likeness (QED) is 0.152. The van der Waals surface area contributed by atoms with E-state index in [1.54, 1.807) is 12.3 Å². The molecule has 1 heterocycles. The Morgan fingerprint density at radius 2 is 1.71 bits per heavy atom. The molecule has 0 aliphatic carbocycles. The lowest BCUT2D eigenvalue weighted by Gasteiger charge is -2.06. The highest BCUT2D eigenvalue weighted by Gasteiger charge is 2.00. The van der Waals surface area contributed by atoms with E-state index in [-0.39, 0.29) is 5.56 Å². The van der Waals surface area contributed by atoms with Crippen LogP contribution >= 0.6 is 12.0 Å². The number of nitrogens with one attached hydrogen (secondary N) is 1. The Balaban J connectivity index is 1.15. The van der Waals surface area contributed by atoms with E-state index in [1.807, 2.05) is 48.5 Å². The monoisotopic (exact) mass is 430 g/mol. The Hall–Kier alpha value is -3.51. The Morgan fingerprint density at radius 3 is 2.55 bits per heavy atom. The number of unbranched alkanes of at least 4 members (excludes halogenated alkanes) is 1. The molecule has 31 heavy (non-hydrogen) atoms. The van der Waals surface area contributed by atoms with E-state index in [0.717, 1.165) is 34.4 Å². The maximum atomic E-state index is 11.3. The van der Waals surface area contributed by atoms with Crippen molar-refractivity contribution in [3.05, 3.63) is 95.3 Å². The van der Waals surface area contributed by atoms with Crippen molar-refractivity contribution in [1.29, 1.82) is 0 Å². The number of aromatic amines is 1. The lowest BCUT2D eigenvalue weighted by Crippen LogP contribution is -2.02. The van der Waals surface area contributed by atoms with Crippen molar-refractivity contribution in [1.82, 2.24) is 4.98 Å². The third-order valence-corrected chi connectivity index (χ3v) is 5.28. The zero-order valence-electron chi connectivity index (χ0n) is 16.9. The van der Waals surface area contributed by atoms with E-state index in [0.29, 0.717) is 6.61 Å². The molecule has 0 saturated carbocycles. The summed E-state index contributed by atoms with van der Waals surface area (Å²) in [4.78, 5) is 15.1. The summed E-state index contributed by atoms with van der Waals surface area (Å²) in [6, 6.07) is 27.4. The van der Waals surface area contributed by atoms with Gasteiger partial charge in [0.2, 0.25) is 5.56 Å². The van der Waals surface area contributed by atoms with Crippen LogP contribution in [0.15, 0.2) is 99.8 Å². The minimum atomic E-state index is -0.106. The molecule has 0 fully saturated rings. The average molecular weight is 431 g/mol. The van der Waals surface area contributed by atoms with Gasteiger partial charge in [-0.1, -0.05) is 47.6 Å². The van der Waals surface area contributed by atoms with E-state index in [1.165, 1.54) is 29.2 Å². The molecule has 4 rings (SSSR count). The maximum absolute atomic E-state index is 11.3. The second-order valence-corrected chi connectivity index (χ2v) is 7.69. The van der Waals surface area contributed by atoms with E-state index >= 15 is 0 Å². The normalized spacial score (nSPS) is 11.1. The number of hydrogen-bond acceptors (Lipinski definition) is 5. The van der Waals surface area contributed by atoms with E-state index in [9.17, 15) is 4.79 Å². The van der Waals surface area contributed by atoms with Gasteiger partial charge in [-0.2, -0.15) is 0 Å². The lowest BCUT2D eigenvalue weighted by atomic mass is 10.1. The van der Waals surface area contributed by atoms with Gasteiger partial charge in [0.1, 0.15) is 17.8 Å². The van der Waals surface area contributed by atoms with E-state index < -0.39 is 0 Å². The van der Waals surface area contributed by atoms with Crippen LogP contribution in [0.3, 0.4) is 0 Å². The molecule has 0 aliphatic rings. The number of fused-ring (bicyclic) bond motifs is 1. The predicted molar refractivity (Wildman–Crippen MR) is 127 cm³/mol. The van der Waals surface area contributed by atoms with Gasteiger partial charge in [0, 0.05) is 23.2 Å². The zero-order valence-corrected chi connectivity index (χ0v) is 17.7. The van der Waals surface area contributed by atoms with Crippen LogP contribution in [0.4, 0.5) is 0 Å². The molecule has 0 radical (unpaired) electrons. The molecule has 0 bridgehead atoms. The molecular weight excluding hydrogens is 408 g/mol. The van der Waals surface area contributed by atoms with Crippen LogP contribution in [0, 0.1) is 0 Å². The fourth-order valence-electron chi connectivity index (χ4n) is 3.07. The first-order chi connectivity index (χ1) is 15.3. The van der Waals surface area contributed by atoms with Crippen LogP contribution in [0.5, 0.6) is 5.75 Å². The smallest absolute Gasteiger partial charge is 0.248 e. The molecule has 0 spiro atoms. The van der Waals surface area contributed by atoms with Crippen molar-refractivity contribution in [2.45, 2.75) is 17.7 Å². The molecule has 6 heteroatoms. The molecule has 0 aliphatic heterocycles. The van der Waals surface area contributed by atoms with E-state index in [4.69, 9.17) is 9.02 Å². The molecule has 1 N–H and O–H groups in total. The van der Waals surface area contributed by atoms with Crippen LogP contribution in [0.2, 0.25) is 0 Å². The number of rotatable bonds is 9. The largest absolute Gasteiger partial charge is 0.494 e. The zero-order chi connectivity index (χ0) is 21.3. The summed E-state index contributed by atoms with van der Waals surface area (Å²) in [6.07, 6.45) is 3.33. The molecule has 4 aromatic rings. The summed E-state index contributed by atoms with van der Waals surface area (Å²) in [7, 11) is 0. The number of oxime groups is 1. The van der Waals surface area contributed by atoms with Crippen molar-refractivity contribution in [2.75, 3.05) is 6.61 Å². The molecular formula is C25H22N2O3S. The van der Waals surface area contributed by atoms with Gasteiger partial charge in [0.15, 0.2) is 0 Å². The molecule has 1 aromatic heterocycles. The van der Waals surface area contributed by atoms with Gasteiger partial charge in [-0.05, 0) is 60.4 Å². The van der Waals surface area contributed by atoms with Gasteiger partial charge in [-0.25, -0.2) is 0 Å². The number of nitrogens with zero attached hydrogens (tertiary/aromatic N) is 1. The molecule has 0 saturated heterocycles. The highest BCUT2D eigenvalue weighted by atomic mass is 32.2. The number of ether oxygens (including phenoxy) is 1. The third kappa shape index (κ3) is 5.99. The standard InChI is InChI=1S/C25H22N2O3S/c28-25-15-10-21-18-22(11-14-24(21)27-25)29-17-5-4-16-26-30-31-23-12-8-20(9-13-23)19-6-2-1-3-7-19/h1-3,6-16,18H,4-5,17H2,(H,27,28). The van der Waals surface area contributed by atoms with Crippen molar-refractivity contribution in [2.24, 2.45) is 5.16 Å². The second kappa shape index (κ2) is 10.5. The highest BCUT2D eigenvalue weighted by molar-refractivity contribution is 7.94. The number of benzene rings is 3. The minimum Gasteiger partial charge on any atom is -0.494 e. The first kappa shape index (κ1) is 20.8. The van der Waals surface area contributed by atoms with Gasteiger partial charge in [0.25, 0.3) is 0 Å². The van der Waals surface area contributed by atoms with Gasteiger partial charge in [-0.3, -0.25) is 4.79 Å². The van der Waals surface area contributed by atoms with Gasteiger partial charge in [-0.15, -0.1) is 0 Å². The van der Waals surface area contributed by atoms with Crippen molar-refractivity contribution in [3.8, 4) is 16.9 Å². The molecule has 156 valence electrons.